The fourth-order valence-corrected chi connectivity index (χ4v) is 7.54. The number of nitrogens with zero attached hydrogens (tertiary/aromatic N) is 3. The topological polar surface area (TPSA) is 188 Å². The molecule has 42 heavy (non-hydrogen) atoms. The molecule has 0 aliphatic carbocycles. The van der Waals surface area contributed by atoms with Gasteiger partial charge in [-0.1, -0.05) is 20.8 Å². The first-order valence-electron chi connectivity index (χ1n) is 13.5. The van der Waals surface area contributed by atoms with Crippen LogP contribution in [0.25, 0.3) is 0 Å². The monoisotopic (exact) mass is 625 g/mol. The number of thioether (sulfide) groups is 1. The van der Waals surface area contributed by atoms with Crippen LogP contribution in [-0.4, -0.2) is 92.9 Å². The minimum Gasteiger partial charge on any atom is -0.477 e. The van der Waals surface area contributed by atoms with Crippen molar-refractivity contribution in [2.24, 2.45) is 17.8 Å². The van der Waals surface area contributed by atoms with Gasteiger partial charge in [-0.15, -0.1) is 23.1 Å². The fourth-order valence-electron chi connectivity index (χ4n) is 5.20. The number of carboxylic acids is 1. The number of amides is 3. The number of alkyl carbamates (subject to hydrolysis) is 1. The number of nitrogens with one attached hydrogen (secondary N) is 2. The normalized spacial score (nSPS) is 23.9. The molecule has 0 aromatic carbocycles. The summed E-state index contributed by atoms with van der Waals surface area (Å²) in [6.45, 7) is 10.8. The van der Waals surface area contributed by atoms with E-state index < -0.39 is 48.4 Å². The van der Waals surface area contributed by atoms with E-state index in [2.05, 4.69) is 15.6 Å². The van der Waals surface area contributed by atoms with Gasteiger partial charge >= 0.3 is 18.0 Å². The Bertz CT molecular complexity index is 1290. The number of hydrogen-bond donors (Lipinski definition) is 4. The molecule has 0 saturated carbocycles. The molecule has 16 heteroatoms. The van der Waals surface area contributed by atoms with Crippen molar-refractivity contribution in [1.29, 1.82) is 0 Å². The Balaban J connectivity index is 1.32. The third-order valence-corrected chi connectivity index (χ3v) is 9.63. The number of aromatic nitrogens is 1. The Morgan fingerprint density at radius 2 is 1.81 bits per heavy atom. The SMILES string of the molecule is CC(=O)OC(C)OC(=O)N[C@H](NC(=O)c1csc(N2CC(SC3=C(C(=O)O)N4C(=O)[C@H]([C@@H](C)O)[C@H]4[C@H]3C)C2)n1)C(C)C. The zero-order valence-corrected chi connectivity index (χ0v) is 25.7. The summed E-state index contributed by atoms with van der Waals surface area (Å²) in [4.78, 5) is 69.0. The number of thiazole rings is 1. The molecule has 1 unspecified atom stereocenters. The average molecular weight is 626 g/mol. The van der Waals surface area contributed by atoms with Crippen LogP contribution >= 0.6 is 23.1 Å². The molecule has 1 aromatic heterocycles. The van der Waals surface area contributed by atoms with E-state index in [-0.39, 0.29) is 40.4 Å². The maximum atomic E-state index is 12.9. The quantitative estimate of drug-likeness (QED) is 0.158. The Kier molecular flexibility index (Phi) is 9.37. The third-order valence-electron chi connectivity index (χ3n) is 7.28. The Morgan fingerprint density at radius 3 is 2.38 bits per heavy atom. The van der Waals surface area contributed by atoms with E-state index in [1.165, 1.54) is 41.8 Å². The van der Waals surface area contributed by atoms with Gasteiger partial charge in [-0.3, -0.25) is 14.4 Å². The van der Waals surface area contributed by atoms with Crippen LogP contribution in [0.1, 0.15) is 52.0 Å². The molecule has 0 bridgehead atoms. The number of carboxylic acid groups (broad SMARTS) is 1. The van der Waals surface area contributed by atoms with Crippen LogP contribution in [0.4, 0.5) is 9.93 Å². The molecule has 2 fully saturated rings. The minimum absolute atomic E-state index is 0.00379. The van der Waals surface area contributed by atoms with Crippen molar-refractivity contribution in [3.63, 3.8) is 0 Å². The highest BCUT2D eigenvalue weighted by molar-refractivity contribution is 8.03. The van der Waals surface area contributed by atoms with E-state index >= 15 is 0 Å². The number of aliphatic carboxylic acids is 1. The largest absolute Gasteiger partial charge is 0.477 e. The average Bonchev–Trinajstić information content (AvgIpc) is 3.41. The fraction of sp³-hybridized carbons (Fsp3) is 0.615. The lowest BCUT2D eigenvalue weighted by Crippen LogP contribution is -2.63. The summed E-state index contributed by atoms with van der Waals surface area (Å²) in [6.07, 6.45) is -3.58. The smallest absolute Gasteiger partial charge is 0.411 e. The predicted molar refractivity (Wildman–Crippen MR) is 152 cm³/mol. The van der Waals surface area contributed by atoms with Crippen molar-refractivity contribution in [2.45, 2.75) is 71.4 Å². The number of carbonyl (C=O) groups excluding carboxylic acids is 4. The summed E-state index contributed by atoms with van der Waals surface area (Å²) in [5.74, 6) is -3.61. The van der Waals surface area contributed by atoms with Crippen molar-refractivity contribution in [3.8, 4) is 0 Å². The molecule has 3 amide bonds. The van der Waals surface area contributed by atoms with Gasteiger partial charge in [0.2, 0.25) is 12.2 Å². The van der Waals surface area contributed by atoms with E-state index in [4.69, 9.17) is 9.47 Å². The maximum absolute atomic E-state index is 12.9. The van der Waals surface area contributed by atoms with Crippen LogP contribution in [0.15, 0.2) is 16.0 Å². The second-order valence-corrected chi connectivity index (χ2v) is 13.0. The molecular formula is C26H35N5O9S2. The van der Waals surface area contributed by atoms with Crippen LogP contribution in [0, 0.1) is 17.8 Å². The number of aliphatic hydroxyl groups is 1. The van der Waals surface area contributed by atoms with Crippen molar-refractivity contribution in [2.75, 3.05) is 18.0 Å². The predicted octanol–water partition coefficient (Wildman–Crippen LogP) is 1.57. The Labute approximate surface area is 250 Å². The molecule has 4 N–H and O–H groups in total. The summed E-state index contributed by atoms with van der Waals surface area (Å²) in [6, 6.07) is -0.356. The molecule has 2 saturated heterocycles. The first kappa shape index (κ1) is 31.6. The van der Waals surface area contributed by atoms with Gasteiger partial charge in [-0.05, 0) is 12.8 Å². The van der Waals surface area contributed by atoms with E-state index in [9.17, 15) is 34.2 Å². The standard InChI is InChI=1S/C26H35N5O9S2/c1-10(2)21(29-26(38)40-14(6)39-13(5)33)28-22(34)16-9-41-25(27-16)30-7-15(8-30)42-20-11(3)18-17(12(4)32)23(35)31(18)19(20)24(36)37/h9-12,14-15,17-18,21,32H,7-8H2,1-6H3,(H,28,34)(H,29,38)(H,36,37)/t11-,12-,14?,17-,18-,21+/m1/s1. The molecule has 230 valence electrons. The summed E-state index contributed by atoms with van der Waals surface area (Å²) in [7, 11) is 0. The summed E-state index contributed by atoms with van der Waals surface area (Å²) < 4.78 is 9.75. The number of ether oxygens (including phenoxy) is 2. The number of β-lactam (4-membered cyclic amide) rings is 1. The summed E-state index contributed by atoms with van der Waals surface area (Å²) in [5.41, 5.74) is 0.177. The number of anilines is 1. The Morgan fingerprint density at radius 1 is 1.14 bits per heavy atom. The van der Waals surface area contributed by atoms with Crippen LogP contribution in [-0.2, 0) is 23.9 Å². The van der Waals surface area contributed by atoms with Crippen molar-refractivity contribution in [3.05, 3.63) is 21.7 Å². The lowest BCUT2D eigenvalue weighted by molar-refractivity contribution is -0.163. The van der Waals surface area contributed by atoms with E-state index in [0.717, 1.165) is 0 Å². The van der Waals surface area contributed by atoms with Gasteiger partial charge in [-0.25, -0.2) is 14.6 Å². The van der Waals surface area contributed by atoms with Crippen LogP contribution in [0.5, 0.6) is 0 Å². The van der Waals surface area contributed by atoms with Gasteiger partial charge in [0.15, 0.2) is 5.13 Å². The molecule has 4 rings (SSSR count). The molecule has 3 aliphatic rings. The highest BCUT2D eigenvalue weighted by Crippen LogP contribution is 2.52. The zero-order chi connectivity index (χ0) is 31.0. The van der Waals surface area contributed by atoms with Gasteiger partial charge in [-0.2, -0.15) is 0 Å². The summed E-state index contributed by atoms with van der Waals surface area (Å²) >= 11 is 2.73. The van der Waals surface area contributed by atoms with E-state index in [1.54, 1.807) is 26.2 Å². The molecule has 6 atom stereocenters. The van der Waals surface area contributed by atoms with Gasteiger partial charge < -0.3 is 40.1 Å². The molecule has 4 heterocycles. The zero-order valence-electron chi connectivity index (χ0n) is 24.0. The lowest BCUT2D eigenvalue weighted by atomic mass is 9.79. The summed E-state index contributed by atoms with van der Waals surface area (Å²) in [5, 5.41) is 27.4. The van der Waals surface area contributed by atoms with Crippen LogP contribution in [0.3, 0.4) is 0 Å². The molecule has 1 aromatic rings. The molecule has 0 radical (unpaired) electrons. The number of fused-ring (bicyclic) bond motifs is 1. The second kappa shape index (κ2) is 12.5. The van der Waals surface area contributed by atoms with E-state index in [0.29, 0.717) is 23.1 Å². The first-order valence-corrected chi connectivity index (χ1v) is 15.3. The van der Waals surface area contributed by atoms with Gasteiger partial charge in [0.1, 0.15) is 17.6 Å². The number of carbonyl (C=O) groups is 5. The van der Waals surface area contributed by atoms with Crippen LogP contribution < -0.4 is 15.5 Å². The highest BCUT2D eigenvalue weighted by Gasteiger charge is 2.60. The van der Waals surface area contributed by atoms with E-state index in [1.807, 2.05) is 11.8 Å². The number of hydrogen-bond acceptors (Lipinski definition) is 12. The number of aliphatic hydroxyl groups excluding tert-OH is 1. The van der Waals surface area contributed by atoms with Crippen molar-refractivity contribution < 1.29 is 43.7 Å². The molecule has 3 aliphatic heterocycles. The third kappa shape index (κ3) is 6.34. The lowest BCUT2D eigenvalue weighted by Gasteiger charge is -2.46. The molecular weight excluding hydrogens is 590 g/mol. The van der Waals surface area contributed by atoms with Crippen LogP contribution in [0.2, 0.25) is 0 Å². The van der Waals surface area contributed by atoms with Crippen molar-refractivity contribution in [1.82, 2.24) is 20.5 Å². The maximum Gasteiger partial charge on any atom is 0.411 e. The van der Waals surface area contributed by atoms with Gasteiger partial charge in [0, 0.05) is 48.4 Å². The molecule has 14 nitrogen and oxygen atoms in total. The number of rotatable bonds is 11. The number of esters is 1. The molecule has 0 spiro atoms. The second-order valence-electron chi connectivity index (χ2n) is 10.9. The van der Waals surface area contributed by atoms with Gasteiger partial charge in [0.25, 0.3) is 5.91 Å². The minimum atomic E-state index is -1.16. The Hall–Kier alpha value is -3.37. The van der Waals surface area contributed by atoms with Gasteiger partial charge in [0.05, 0.1) is 18.1 Å². The highest BCUT2D eigenvalue weighted by atomic mass is 32.2. The first-order chi connectivity index (χ1) is 19.7. The van der Waals surface area contributed by atoms with Crippen molar-refractivity contribution >= 4 is 58.1 Å².